The second-order valence-electron chi connectivity index (χ2n) is 5.53. The van der Waals surface area contributed by atoms with Crippen molar-refractivity contribution in [3.63, 3.8) is 0 Å². The fourth-order valence-corrected chi connectivity index (χ4v) is 3.10. The molecule has 1 saturated heterocycles. The van der Waals surface area contributed by atoms with Crippen LogP contribution in [-0.4, -0.2) is 38.2 Å². The van der Waals surface area contributed by atoms with Gasteiger partial charge in [-0.15, -0.1) is 0 Å². The Kier molecular flexibility index (Phi) is 4.15. The predicted molar refractivity (Wildman–Crippen MR) is 75.7 cm³/mol. The first-order valence-corrected chi connectivity index (χ1v) is 7.26. The summed E-state index contributed by atoms with van der Waals surface area (Å²) in [5.74, 6) is 0.228. The van der Waals surface area contributed by atoms with Crippen molar-refractivity contribution in [2.24, 2.45) is 0 Å². The van der Waals surface area contributed by atoms with Crippen LogP contribution in [0.3, 0.4) is 0 Å². The molecular formula is C16H21NO3. The quantitative estimate of drug-likeness (QED) is 0.907. The topological polar surface area (TPSA) is 47.6 Å². The zero-order valence-corrected chi connectivity index (χ0v) is 11.8. The maximum atomic E-state index is 12.4. The van der Waals surface area contributed by atoms with Gasteiger partial charge in [0.1, 0.15) is 0 Å². The predicted octanol–water partition coefficient (Wildman–Crippen LogP) is 1.64. The molecule has 2 aliphatic rings. The monoisotopic (exact) mass is 275 g/mol. The van der Waals surface area contributed by atoms with Gasteiger partial charge in [-0.25, -0.2) is 0 Å². The number of ketones is 1. The van der Waals surface area contributed by atoms with Gasteiger partial charge in [0.2, 0.25) is 0 Å². The highest BCUT2D eigenvalue weighted by Crippen LogP contribution is 2.30. The molecule has 2 aliphatic heterocycles. The zero-order chi connectivity index (χ0) is 13.9. The number of methoxy groups -OCH3 is 1. The molecule has 0 radical (unpaired) electrons. The van der Waals surface area contributed by atoms with E-state index in [0.29, 0.717) is 13.0 Å². The Morgan fingerprint density at radius 2 is 2.30 bits per heavy atom. The number of nitrogens with one attached hydrogen (secondary N) is 1. The van der Waals surface area contributed by atoms with Crippen LogP contribution in [0, 0.1) is 0 Å². The van der Waals surface area contributed by atoms with Gasteiger partial charge in [-0.1, -0.05) is 24.3 Å². The number of benzene rings is 1. The second-order valence-corrected chi connectivity index (χ2v) is 5.53. The summed E-state index contributed by atoms with van der Waals surface area (Å²) < 4.78 is 11.1. The molecule has 1 aromatic carbocycles. The van der Waals surface area contributed by atoms with Crippen LogP contribution in [0.2, 0.25) is 0 Å². The Hall–Kier alpha value is -1.23. The summed E-state index contributed by atoms with van der Waals surface area (Å²) in [7, 11) is 1.69. The number of Topliss-reactive ketones (excluding diaryl/α,β-unsaturated/α-hetero) is 1. The number of hydrogen-bond acceptors (Lipinski definition) is 4. The third-order valence-corrected chi connectivity index (χ3v) is 4.29. The van der Waals surface area contributed by atoms with E-state index in [2.05, 4.69) is 17.4 Å². The van der Waals surface area contributed by atoms with Crippen molar-refractivity contribution < 1.29 is 14.3 Å². The minimum Gasteiger partial charge on any atom is -0.380 e. The number of fused-ring (bicyclic) bond motifs is 1. The van der Waals surface area contributed by atoms with Gasteiger partial charge in [-0.3, -0.25) is 4.79 Å². The van der Waals surface area contributed by atoms with Gasteiger partial charge in [0, 0.05) is 20.1 Å². The molecule has 0 amide bonds. The van der Waals surface area contributed by atoms with Crippen LogP contribution >= 0.6 is 0 Å². The van der Waals surface area contributed by atoms with Crippen molar-refractivity contribution >= 4 is 5.78 Å². The SMILES string of the molecule is COC1CNC(C(=O)CC2OCCc3ccccc32)C1. The Balaban J connectivity index is 1.65. The largest absolute Gasteiger partial charge is 0.380 e. The summed E-state index contributed by atoms with van der Waals surface area (Å²) in [4.78, 5) is 12.4. The van der Waals surface area contributed by atoms with Crippen molar-refractivity contribution in [1.29, 1.82) is 0 Å². The molecule has 0 saturated carbocycles. The first-order valence-electron chi connectivity index (χ1n) is 7.26. The van der Waals surface area contributed by atoms with Crippen molar-refractivity contribution in [2.45, 2.75) is 37.5 Å². The van der Waals surface area contributed by atoms with Crippen LogP contribution < -0.4 is 5.32 Å². The molecule has 3 rings (SSSR count). The Morgan fingerprint density at radius 3 is 3.10 bits per heavy atom. The molecule has 0 bridgehead atoms. The Bertz CT molecular complexity index is 488. The van der Waals surface area contributed by atoms with Gasteiger partial charge < -0.3 is 14.8 Å². The smallest absolute Gasteiger partial charge is 0.152 e. The van der Waals surface area contributed by atoms with Crippen LogP contribution in [0.15, 0.2) is 24.3 Å². The number of carbonyl (C=O) groups excluding carboxylic acids is 1. The summed E-state index contributed by atoms with van der Waals surface area (Å²) in [6, 6.07) is 8.18. The average Bonchev–Trinajstić information content (AvgIpc) is 2.97. The lowest BCUT2D eigenvalue weighted by Gasteiger charge is -2.26. The molecule has 0 aromatic heterocycles. The number of ether oxygens (including phenoxy) is 2. The van der Waals surface area contributed by atoms with E-state index < -0.39 is 0 Å². The van der Waals surface area contributed by atoms with E-state index in [0.717, 1.165) is 19.4 Å². The molecule has 0 aliphatic carbocycles. The van der Waals surface area contributed by atoms with E-state index in [-0.39, 0.29) is 24.0 Å². The summed E-state index contributed by atoms with van der Waals surface area (Å²) in [6.45, 7) is 1.46. The van der Waals surface area contributed by atoms with Crippen molar-refractivity contribution in [1.82, 2.24) is 5.32 Å². The van der Waals surface area contributed by atoms with Gasteiger partial charge in [0.05, 0.1) is 24.9 Å². The molecule has 4 heteroatoms. The van der Waals surface area contributed by atoms with Gasteiger partial charge in [0.25, 0.3) is 0 Å². The maximum Gasteiger partial charge on any atom is 0.152 e. The summed E-state index contributed by atoms with van der Waals surface area (Å²) in [5, 5.41) is 3.24. The van der Waals surface area contributed by atoms with Crippen molar-refractivity contribution in [3.8, 4) is 0 Å². The van der Waals surface area contributed by atoms with E-state index in [1.165, 1.54) is 11.1 Å². The fraction of sp³-hybridized carbons (Fsp3) is 0.562. The van der Waals surface area contributed by atoms with E-state index in [1.807, 2.05) is 12.1 Å². The Morgan fingerprint density at radius 1 is 1.45 bits per heavy atom. The molecule has 3 unspecified atom stereocenters. The summed E-state index contributed by atoms with van der Waals surface area (Å²) in [6.07, 6.45) is 2.22. The third kappa shape index (κ3) is 2.77. The average molecular weight is 275 g/mol. The Labute approximate surface area is 119 Å². The fourth-order valence-electron chi connectivity index (χ4n) is 3.10. The highest BCUT2D eigenvalue weighted by atomic mass is 16.5. The molecule has 108 valence electrons. The first kappa shape index (κ1) is 13.7. The molecule has 3 atom stereocenters. The molecular weight excluding hydrogens is 254 g/mol. The number of carbonyl (C=O) groups is 1. The minimum atomic E-state index is -0.0872. The van der Waals surface area contributed by atoms with E-state index in [4.69, 9.17) is 9.47 Å². The lowest BCUT2D eigenvalue weighted by molar-refractivity contribution is -0.124. The maximum absolute atomic E-state index is 12.4. The van der Waals surface area contributed by atoms with E-state index in [9.17, 15) is 4.79 Å². The van der Waals surface area contributed by atoms with Crippen molar-refractivity contribution in [2.75, 3.05) is 20.3 Å². The lowest BCUT2D eigenvalue weighted by Crippen LogP contribution is -2.32. The lowest BCUT2D eigenvalue weighted by atomic mass is 9.93. The van der Waals surface area contributed by atoms with Crippen LogP contribution in [0.4, 0.5) is 0 Å². The standard InChI is InChI=1S/C16H21NO3/c1-19-12-8-14(17-10-12)15(18)9-16-13-5-3-2-4-11(13)6-7-20-16/h2-5,12,14,16-17H,6-10H2,1H3. The van der Waals surface area contributed by atoms with Crippen LogP contribution in [-0.2, 0) is 20.7 Å². The van der Waals surface area contributed by atoms with Crippen molar-refractivity contribution in [3.05, 3.63) is 35.4 Å². The summed E-state index contributed by atoms with van der Waals surface area (Å²) in [5.41, 5.74) is 2.49. The minimum absolute atomic E-state index is 0.0855. The van der Waals surface area contributed by atoms with E-state index >= 15 is 0 Å². The molecule has 2 heterocycles. The normalized spacial score (nSPS) is 29.1. The summed E-state index contributed by atoms with van der Waals surface area (Å²) >= 11 is 0. The van der Waals surface area contributed by atoms with Crippen LogP contribution in [0.5, 0.6) is 0 Å². The van der Waals surface area contributed by atoms with Gasteiger partial charge in [-0.2, -0.15) is 0 Å². The van der Waals surface area contributed by atoms with Crippen LogP contribution in [0.25, 0.3) is 0 Å². The van der Waals surface area contributed by atoms with Gasteiger partial charge >= 0.3 is 0 Å². The number of rotatable bonds is 4. The molecule has 1 aromatic rings. The first-order chi connectivity index (χ1) is 9.78. The highest BCUT2D eigenvalue weighted by Gasteiger charge is 2.32. The number of hydrogen-bond donors (Lipinski definition) is 1. The molecule has 20 heavy (non-hydrogen) atoms. The second kappa shape index (κ2) is 6.04. The third-order valence-electron chi connectivity index (χ3n) is 4.29. The molecule has 1 fully saturated rings. The van der Waals surface area contributed by atoms with Gasteiger partial charge in [-0.05, 0) is 24.0 Å². The van der Waals surface area contributed by atoms with Crippen LogP contribution in [0.1, 0.15) is 30.1 Å². The molecule has 4 nitrogen and oxygen atoms in total. The highest BCUT2D eigenvalue weighted by molar-refractivity contribution is 5.85. The van der Waals surface area contributed by atoms with E-state index in [1.54, 1.807) is 7.11 Å². The zero-order valence-electron chi connectivity index (χ0n) is 11.8. The molecule has 0 spiro atoms. The molecule has 1 N–H and O–H groups in total. The van der Waals surface area contributed by atoms with Gasteiger partial charge in [0.15, 0.2) is 5.78 Å².